The van der Waals surface area contributed by atoms with Crippen LogP contribution in [-0.4, -0.2) is 72.1 Å². The van der Waals surface area contributed by atoms with Crippen molar-refractivity contribution in [2.24, 2.45) is 21.5 Å². The van der Waals surface area contributed by atoms with E-state index in [1.54, 1.807) is 21.3 Å². The van der Waals surface area contributed by atoms with Gasteiger partial charge in [-0.15, -0.1) is 0 Å². The predicted molar refractivity (Wildman–Crippen MR) is 263 cm³/mol. The molecule has 6 heterocycles. The molecule has 6 aromatic rings. The highest BCUT2D eigenvalue weighted by Crippen LogP contribution is 2.54. The largest absolute Gasteiger partial charge is 0.497 e. The monoisotopic (exact) mass is 1110 g/mol. The Morgan fingerprint density at radius 3 is 1.35 bits per heavy atom. The van der Waals surface area contributed by atoms with Crippen LogP contribution in [0.2, 0.25) is 0 Å². The molecular formula is C50H42Br3N5O10. The van der Waals surface area contributed by atoms with E-state index in [-0.39, 0.29) is 18.5 Å². The number of carbonyl (C=O) groups is 1. The zero-order valence-corrected chi connectivity index (χ0v) is 41.5. The van der Waals surface area contributed by atoms with Crippen LogP contribution >= 0.6 is 47.8 Å². The first-order valence-electron chi connectivity index (χ1n) is 21.1. The lowest BCUT2D eigenvalue weighted by Crippen LogP contribution is -2.56. The first-order valence-corrected chi connectivity index (χ1v) is 23.5. The number of halogens is 3. The number of amides is 1. The van der Waals surface area contributed by atoms with Crippen LogP contribution in [0.1, 0.15) is 33.4 Å². The average Bonchev–Trinajstić information content (AvgIpc) is 3.74. The number of rotatable bonds is 3. The van der Waals surface area contributed by atoms with Gasteiger partial charge in [-0.1, -0.05) is 47.8 Å². The number of nitrogens with two attached hydrogens (primary N) is 2. The minimum atomic E-state index is -0.781. The van der Waals surface area contributed by atoms with Gasteiger partial charge in [-0.25, -0.2) is 4.99 Å². The number of morpholine rings is 1. The quantitative estimate of drug-likeness (QED) is 0.153. The Bertz CT molecular complexity index is 3080. The minimum Gasteiger partial charge on any atom is -0.497 e. The Morgan fingerprint density at radius 1 is 0.515 bits per heavy atom. The highest BCUT2D eigenvalue weighted by Gasteiger charge is 2.49. The molecule has 6 aromatic carbocycles. The highest BCUT2D eigenvalue weighted by molar-refractivity contribution is 9.11. The Hall–Kier alpha value is -6.31. The standard InChI is InChI=1S/C17H15BrN2O3.C17H14BrNO4.C16H13BrN2O3/c1-21-11-3-5-15-13(7-11)17(9-22-8-16(19)20-17)12-6-10(18)2-4-14(12)23-15;1-21-11-3-5-15-13(7-11)17(9-22-8-16(20)19-17)12-6-10(18)2-4-14(12)23-15;1-20-10-3-5-14-12(7-10)16(8-21-15(18)19-16)11-6-9(17)2-4-13(11)22-14/h2-7H,8-9H2,1H3,(H2,19,20);2-7H,8-9H2,1H3,(H,19,20);2-7H,8H2,1H3,(H2,18,19)/t2*17-;/m00./s1. The summed E-state index contributed by atoms with van der Waals surface area (Å²) < 4.78 is 53.7. The first kappa shape index (κ1) is 45.5. The summed E-state index contributed by atoms with van der Waals surface area (Å²) in [5, 5.41) is 3.10. The maximum absolute atomic E-state index is 12.1. The molecule has 15 nitrogen and oxygen atoms in total. The van der Waals surface area contributed by atoms with Crippen molar-refractivity contribution in [2.75, 3.05) is 54.4 Å². The van der Waals surface area contributed by atoms with Crippen LogP contribution < -0.4 is 45.2 Å². The SMILES string of the molecule is COc1ccc2c(c1)C1(COC(N)=N1)c1cc(Br)ccc1O2.COc1ccc2c(c1)[C@]1(COCC(=O)N1)c1cc(Br)ccc1O2.COc1ccc2c(c1)[C@]1(COCC(N)=N1)c1cc(Br)ccc1O2. The van der Waals surface area contributed by atoms with Gasteiger partial charge in [0.05, 0.1) is 34.5 Å². The van der Waals surface area contributed by atoms with Gasteiger partial charge in [0.1, 0.15) is 88.5 Å². The van der Waals surface area contributed by atoms with E-state index in [0.717, 1.165) is 81.3 Å². The normalized spacial score (nSPS) is 21.8. The van der Waals surface area contributed by atoms with Crippen LogP contribution in [0.15, 0.2) is 133 Å². The summed E-state index contributed by atoms with van der Waals surface area (Å²) in [6.07, 6.45) is 0. The van der Waals surface area contributed by atoms with Crippen molar-refractivity contribution in [3.63, 3.8) is 0 Å². The third-order valence-corrected chi connectivity index (χ3v) is 13.8. The molecular weight excluding hydrogens is 1070 g/mol. The summed E-state index contributed by atoms with van der Waals surface area (Å²) in [5.41, 5.74) is 14.9. The van der Waals surface area contributed by atoms with E-state index in [4.69, 9.17) is 59.1 Å². The number of carbonyl (C=O) groups excluding carboxylic acids is 1. The minimum absolute atomic E-state index is 0.0608. The summed E-state index contributed by atoms with van der Waals surface area (Å²) >= 11 is 10.5. The molecule has 3 spiro atoms. The van der Waals surface area contributed by atoms with Gasteiger partial charge in [0, 0.05) is 46.8 Å². The molecule has 0 bridgehead atoms. The van der Waals surface area contributed by atoms with Crippen LogP contribution in [0.25, 0.3) is 0 Å². The molecule has 0 saturated carbocycles. The number of methoxy groups -OCH3 is 3. The fourth-order valence-corrected chi connectivity index (χ4v) is 10.3. The van der Waals surface area contributed by atoms with Crippen molar-refractivity contribution in [1.29, 1.82) is 0 Å². The number of hydrogen-bond donors (Lipinski definition) is 3. The van der Waals surface area contributed by atoms with Crippen LogP contribution in [0.4, 0.5) is 0 Å². The number of nitrogens with one attached hydrogen (secondary N) is 1. The molecule has 1 saturated heterocycles. The van der Waals surface area contributed by atoms with E-state index in [0.29, 0.717) is 49.5 Å². The van der Waals surface area contributed by atoms with Crippen LogP contribution in [0.5, 0.6) is 51.7 Å². The van der Waals surface area contributed by atoms with Gasteiger partial charge in [0.25, 0.3) is 6.02 Å². The average molecular weight is 1110 g/mol. The molecule has 1 unspecified atom stereocenters. The van der Waals surface area contributed by atoms with Gasteiger partial charge in [-0.2, -0.15) is 0 Å². The number of aliphatic imine (C=N–C) groups is 2. The molecule has 68 heavy (non-hydrogen) atoms. The topological polar surface area (TPSA) is 189 Å². The summed E-state index contributed by atoms with van der Waals surface area (Å²) in [6, 6.07) is 34.6. The zero-order valence-electron chi connectivity index (χ0n) is 36.7. The van der Waals surface area contributed by atoms with Gasteiger partial charge in [-0.3, -0.25) is 9.79 Å². The molecule has 3 atom stereocenters. The molecule has 1 amide bonds. The summed E-state index contributed by atoms with van der Waals surface area (Å²) in [7, 11) is 4.88. The van der Waals surface area contributed by atoms with Crippen molar-refractivity contribution in [1.82, 2.24) is 5.32 Å². The van der Waals surface area contributed by atoms with Crippen molar-refractivity contribution in [2.45, 2.75) is 16.6 Å². The molecule has 5 N–H and O–H groups in total. The van der Waals surface area contributed by atoms with Crippen LogP contribution in [-0.2, 0) is 35.6 Å². The Balaban J connectivity index is 0.000000119. The second-order valence-corrected chi connectivity index (χ2v) is 19.1. The number of ether oxygens (including phenoxy) is 9. The maximum atomic E-state index is 12.1. The van der Waals surface area contributed by atoms with E-state index >= 15 is 0 Å². The number of nitrogens with zero attached hydrogens (tertiary/aromatic N) is 2. The molecule has 18 heteroatoms. The fraction of sp³-hybridized carbons (Fsp3) is 0.220. The lowest BCUT2D eigenvalue weighted by atomic mass is 9.80. The number of amidine groups is 2. The zero-order chi connectivity index (χ0) is 47.4. The molecule has 0 aromatic heterocycles. The second-order valence-electron chi connectivity index (χ2n) is 16.3. The maximum Gasteiger partial charge on any atom is 0.283 e. The summed E-state index contributed by atoms with van der Waals surface area (Å²) in [4.78, 5) is 21.5. The lowest BCUT2D eigenvalue weighted by Gasteiger charge is -2.42. The van der Waals surface area contributed by atoms with Gasteiger partial charge < -0.3 is 59.4 Å². The Labute approximate surface area is 416 Å². The van der Waals surface area contributed by atoms with Crippen LogP contribution in [0.3, 0.4) is 0 Å². The molecule has 0 aliphatic carbocycles. The molecule has 6 aliphatic rings. The predicted octanol–water partition coefficient (Wildman–Crippen LogP) is 9.30. The van der Waals surface area contributed by atoms with Crippen molar-refractivity contribution < 1.29 is 47.4 Å². The Morgan fingerprint density at radius 2 is 0.912 bits per heavy atom. The third-order valence-electron chi connectivity index (χ3n) is 12.3. The first-order chi connectivity index (χ1) is 32.9. The second kappa shape index (κ2) is 18.0. The van der Waals surface area contributed by atoms with Crippen molar-refractivity contribution in [3.05, 3.63) is 156 Å². The van der Waals surface area contributed by atoms with E-state index in [1.807, 2.05) is 109 Å². The molecule has 348 valence electrons. The fourth-order valence-electron chi connectivity index (χ4n) is 9.19. The number of hydrogen-bond acceptors (Lipinski definition) is 14. The molecule has 6 aliphatic heterocycles. The van der Waals surface area contributed by atoms with Gasteiger partial charge >= 0.3 is 0 Å². The summed E-state index contributed by atoms with van der Waals surface area (Å²) in [5.74, 6) is 6.87. The molecule has 0 radical (unpaired) electrons. The van der Waals surface area contributed by atoms with Gasteiger partial charge in [0.15, 0.2) is 5.54 Å². The van der Waals surface area contributed by atoms with Crippen LogP contribution in [0, 0.1) is 0 Å². The van der Waals surface area contributed by atoms with Crippen molar-refractivity contribution in [3.8, 4) is 51.7 Å². The van der Waals surface area contributed by atoms with E-state index in [2.05, 4.69) is 58.1 Å². The van der Waals surface area contributed by atoms with E-state index < -0.39 is 16.6 Å². The Kier molecular flexibility index (Phi) is 12.0. The van der Waals surface area contributed by atoms with E-state index in [1.165, 1.54) is 0 Å². The van der Waals surface area contributed by atoms with Gasteiger partial charge in [-0.05, 0) is 109 Å². The third kappa shape index (κ3) is 7.96. The smallest absolute Gasteiger partial charge is 0.283 e. The molecule has 1 fully saturated rings. The lowest BCUT2D eigenvalue weighted by molar-refractivity contribution is -0.134. The van der Waals surface area contributed by atoms with E-state index in [9.17, 15) is 4.79 Å². The number of benzene rings is 6. The summed E-state index contributed by atoms with van der Waals surface area (Å²) in [6.45, 7) is 1.48. The van der Waals surface area contributed by atoms with Crippen molar-refractivity contribution >= 4 is 65.6 Å². The van der Waals surface area contributed by atoms with Gasteiger partial charge in [0.2, 0.25) is 5.91 Å². The number of fused-ring (bicyclic) bond motifs is 12. The molecule has 12 rings (SSSR count). The highest BCUT2D eigenvalue weighted by atomic mass is 79.9.